The molecule has 228 valence electrons. The summed E-state index contributed by atoms with van der Waals surface area (Å²) in [5, 5.41) is 19.1. The molecule has 6 nitrogen and oxygen atoms in total. The Labute approximate surface area is 271 Å². The molecule has 0 saturated heterocycles. The van der Waals surface area contributed by atoms with E-state index >= 15 is 0 Å². The zero-order valence-corrected chi connectivity index (χ0v) is 27.2. The summed E-state index contributed by atoms with van der Waals surface area (Å²) in [4.78, 5) is 8.21. The summed E-state index contributed by atoms with van der Waals surface area (Å²) >= 11 is 1.62. The van der Waals surface area contributed by atoms with Gasteiger partial charge in [-0.1, -0.05) is 63.1 Å². The molecule has 3 aromatic rings. The van der Waals surface area contributed by atoms with Gasteiger partial charge in [-0.15, -0.1) is 11.3 Å². The molecule has 2 heterocycles. The van der Waals surface area contributed by atoms with Crippen LogP contribution in [0, 0.1) is 29.2 Å². The van der Waals surface area contributed by atoms with E-state index < -0.39 is 5.60 Å². The predicted molar refractivity (Wildman–Crippen MR) is 184 cm³/mol. The third-order valence-corrected chi connectivity index (χ3v) is 8.83. The summed E-state index contributed by atoms with van der Waals surface area (Å²) in [5.41, 5.74) is 2.55. The van der Waals surface area contributed by atoms with Crippen LogP contribution in [-0.2, 0) is 10.3 Å². The molecule has 1 aliphatic heterocycles. The minimum Gasteiger partial charge on any atom is -0.496 e. The van der Waals surface area contributed by atoms with Gasteiger partial charge in [-0.2, -0.15) is 10.5 Å². The molecule has 0 fully saturated rings. The van der Waals surface area contributed by atoms with Crippen LogP contribution in [0.1, 0.15) is 67.3 Å². The number of hydrogen-bond acceptors (Lipinski definition) is 6. The Hall–Kier alpha value is -5.03. The summed E-state index contributed by atoms with van der Waals surface area (Å²) in [6, 6.07) is 23.8. The molecule has 0 spiro atoms. The van der Waals surface area contributed by atoms with Crippen LogP contribution in [0.5, 0.6) is 5.75 Å². The Balaban J connectivity index is 1.61. The van der Waals surface area contributed by atoms with Gasteiger partial charge in [0, 0.05) is 45.7 Å². The number of allylic oxidation sites excluding steroid dienone is 1. The van der Waals surface area contributed by atoms with Crippen LogP contribution in [0.2, 0.25) is 0 Å². The molecule has 0 radical (unpaired) electrons. The molecule has 1 atom stereocenters. The van der Waals surface area contributed by atoms with Crippen LogP contribution in [0.4, 0.5) is 5.69 Å². The molecule has 1 unspecified atom stereocenters. The normalized spacial score (nSPS) is 16.0. The molecule has 1 aliphatic rings. The van der Waals surface area contributed by atoms with Crippen LogP contribution in [-0.4, -0.2) is 20.2 Å². The highest BCUT2D eigenvalue weighted by molar-refractivity contribution is 7.13. The molecular formula is C38H38N4O2S. The van der Waals surface area contributed by atoms with Crippen molar-refractivity contribution in [2.45, 2.75) is 52.1 Å². The lowest BCUT2D eigenvalue weighted by atomic mass is 9.87. The lowest BCUT2D eigenvalue weighted by Gasteiger charge is -2.28. The van der Waals surface area contributed by atoms with Gasteiger partial charge in [-0.3, -0.25) is 0 Å². The molecule has 2 aromatic carbocycles. The lowest BCUT2D eigenvalue weighted by Crippen LogP contribution is -2.25. The maximum absolute atomic E-state index is 9.53. The Morgan fingerprint density at radius 2 is 1.60 bits per heavy atom. The van der Waals surface area contributed by atoms with Gasteiger partial charge in [0.1, 0.15) is 23.5 Å². The van der Waals surface area contributed by atoms with Crippen LogP contribution in [0.15, 0.2) is 89.3 Å². The van der Waals surface area contributed by atoms with Crippen molar-refractivity contribution in [2.75, 3.05) is 25.1 Å². The molecule has 1 aromatic heterocycles. The first-order chi connectivity index (χ1) is 21.9. The number of anilines is 1. The van der Waals surface area contributed by atoms with Gasteiger partial charge in [0.25, 0.3) is 0 Å². The zero-order valence-electron chi connectivity index (χ0n) is 26.3. The van der Waals surface area contributed by atoms with E-state index in [4.69, 9.17) is 16.0 Å². The molecule has 4 rings (SSSR count). The average molecular weight is 615 g/mol. The maximum atomic E-state index is 9.53. The standard InChI is InChI=1S/C38H38N4O2S/c1-6-8-23-42(24-9-7-2)31-17-15-28(35(25-31)43-5)16-18-32-19-20-33(45-32)21-22-34-36(41-4)37(29(26-39)27-40)44-38(34,3)30-13-11-10-12-14-30/h10-22,25H,6-9,23-24H2,1-3,5H3/b18-16+,22-21+. The van der Waals surface area contributed by atoms with Crippen molar-refractivity contribution in [2.24, 2.45) is 0 Å². The van der Waals surface area contributed by atoms with E-state index in [-0.39, 0.29) is 17.0 Å². The Morgan fingerprint density at radius 3 is 2.18 bits per heavy atom. The van der Waals surface area contributed by atoms with Crippen molar-refractivity contribution in [1.82, 2.24) is 0 Å². The van der Waals surface area contributed by atoms with Crippen LogP contribution >= 0.6 is 11.3 Å². The Morgan fingerprint density at radius 1 is 0.956 bits per heavy atom. The molecule has 45 heavy (non-hydrogen) atoms. The number of ether oxygens (including phenoxy) is 2. The van der Waals surface area contributed by atoms with Gasteiger partial charge < -0.3 is 14.4 Å². The number of thiophene rings is 1. The number of rotatable bonds is 13. The number of nitriles is 2. The molecule has 7 heteroatoms. The SMILES string of the molecule is [C-]#[N+]C1=C(/C=C/c2ccc(/C=C/c3ccc(N(CCCC)CCCC)cc3OC)s2)C(C)(c2ccccc2)OC1=C(C#N)C#N. The molecule has 0 saturated carbocycles. The second-order valence-corrected chi connectivity index (χ2v) is 12.0. The summed E-state index contributed by atoms with van der Waals surface area (Å²) in [6.07, 6.45) is 12.6. The van der Waals surface area contributed by atoms with E-state index in [9.17, 15) is 10.5 Å². The Bertz CT molecular complexity index is 1720. The van der Waals surface area contributed by atoms with Crippen LogP contribution < -0.4 is 9.64 Å². The fraction of sp³-hybridized carbons (Fsp3) is 0.289. The van der Waals surface area contributed by atoms with E-state index in [0.29, 0.717) is 5.57 Å². The van der Waals surface area contributed by atoms with E-state index in [0.717, 1.165) is 52.6 Å². The highest BCUT2D eigenvalue weighted by Crippen LogP contribution is 2.47. The first kappa shape index (κ1) is 32.9. The second kappa shape index (κ2) is 15.6. The van der Waals surface area contributed by atoms with Crippen molar-refractivity contribution >= 4 is 35.3 Å². The van der Waals surface area contributed by atoms with Gasteiger partial charge in [-0.05, 0) is 67.8 Å². The zero-order chi connectivity index (χ0) is 32.2. The number of nitrogens with zero attached hydrogens (tertiary/aromatic N) is 4. The summed E-state index contributed by atoms with van der Waals surface area (Å²) in [7, 11) is 1.71. The quantitative estimate of drug-likeness (QED) is 0.142. The van der Waals surface area contributed by atoms with E-state index in [1.54, 1.807) is 18.4 Å². The van der Waals surface area contributed by atoms with E-state index in [1.807, 2.05) is 67.6 Å². The number of hydrogen-bond donors (Lipinski definition) is 0. The van der Waals surface area contributed by atoms with Crippen molar-refractivity contribution < 1.29 is 9.47 Å². The molecule has 0 amide bonds. The van der Waals surface area contributed by atoms with Gasteiger partial charge in [0.15, 0.2) is 11.3 Å². The second-order valence-electron chi connectivity index (χ2n) is 10.8. The smallest absolute Gasteiger partial charge is 0.237 e. The third-order valence-electron chi connectivity index (χ3n) is 7.81. The number of unbranched alkanes of at least 4 members (excludes halogenated alkanes) is 2. The molecule has 0 bridgehead atoms. The number of benzene rings is 2. The third kappa shape index (κ3) is 7.55. The van der Waals surface area contributed by atoms with Crippen molar-refractivity contribution in [3.05, 3.63) is 122 Å². The largest absolute Gasteiger partial charge is 0.496 e. The molecule has 0 aliphatic carbocycles. The van der Waals surface area contributed by atoms with Gasteiger partial charge >= 0.3 is 0 Å². The van der Waals surface area contributed by atoms with Gasteiger partial charge in [-0.25, -0.2) is 4.85 Å². The van der Waals surface area contributed by atoms with Crippen molar-refractivity contribution in [1.29, 1.82) is 10.5 Å². The first-order valence-electron chi connectivity index (χ1n) is 15.2. The maximum Gasteiger partial charge on any atom is 0.237 e. The summed E-state index contributed by atoms with van der Waals surface area (Å²) in [5.74, 6) is 0.867. The lowest BCUT2D eigenvalue weighted by molar-refractivity contribution is 0.0755. The van der Waals surface area contributed by atoms with Crippen molar-refractivity contribution in [3.8, 4) is 17.9 Å². The van der Waals surface area contributed by atoms with Gasteiger partial charge in [0.2, 0.25) is 5.70 Å². The highest BCUT2D eigenvalue weighted by Gasteiger charge is 2.43. The highest BCUT2D eigenvalue weighted by atomic mass is 32.1. The number of methoxy groups -OCH3 is 1. The monoisotopic (exact) mass is 614 g/mol. The van der Waals surface area contributed by atoms with Crippen LogP contribution in [0.3, 0.4) is 0 Å². The first-order valence-corrected chi connectivity index (χ1v) is 16.0. The fourth-order valence-corrected chi connectivity index (χ4v) is 6.07. The van der Waals surface area contributed by atoms with E-state index in [1.165, 1.54) is 18.5 Å². The van der Waals surface area contributed by atoms with Crippen molar-refractivity contribution in [3.63, 3.8) is 0 Å². The van der Waals surface area contributed by atoms with Gasteiger partial charge in [0.05, 0.1) is 13.7 Å². The van der Waals surface area contributed by atoms with Crippen LogP contribution in [0.25, 0.3) is 23.1 Å². The minimum atomic E-state index is -1.03. The predicted octanol–water partition coefficient (Wildman–Crippen LogP) is 9.77. The summed E-state index contributed by atoms with van der Waals surface area (Å²) in [6.45, 7) is 16.3. The molecular weight excluding hydrogens is 577 g/mol. The Kier molecular flexibility index (Phi) is 11.4. The fourth-order valence-electron chi connectivity index (χ4n) is 5.26. The molecule has 0 N–H and O–H groups in total. The minimum absolute atomic E-state index is 0.0228. The summed E-state index contributed by atoms with van der Waals surface area (Å²) < 4.78 is 12.0. The average Bonchev–Trinajstić information content (AvgIpc) is 3.65. The topological polar surface area (TPSA) is 73.6 Å². The van der Waals surface area contributed by atoms with E-state index in [2.05, 4.69) is 60.0 Å².